The summed E-state index contributed by atoms with van der Waals surface area (Å²) in [5.41, 5.74) is 4.85. The molecule has 1 saturated heterocycles. The Morgan fingerprint density at radius 3 is 2.59 bits per heavy atom. The maximum absolute atomic E-state index is 12.8. The average molecular weight is 423 g/mol. The van der Waals surface area contributed by atoms with E-state index in [1.54, 1.807) is 0 Å². The van der Waals surface area contributed by atoms with E-state index in [4.69, 9.17) is 12.2 Å². The van der Waals surface area contributed by atoms with Gasteiger partial charge in [-0.1, -0.05) is 72.5 Å². The van der Waals surface area contributed by atoms with Crippen LogP contribution in [0.5, 0.6) is 0 Å². The van der Waals surface area contributed by atoms with Crippen molar-refractivity contribution in [3.8, 4) is 0 Å². The zero-order chi connectivity index (χ0) is 21.0. The predicted molar refractivity (Wildman–Crippen MR) is 125 cm³/mol. The van der Waals surface area contributed by atoms with Gasteiger partial charge in [-0.05, 0) is 55.2 Å². The van der Waals surface area contributed by atoms with Crippen LogP contribution in [0, 0.1) is 13.8 Å². The zero-order valence-electron chi connectivity index (χ0n) is 16.6. The molecule has 2 aromatic carbocycles. The molecule has 0 aliphatic carbocycles. The monoisotopic (exact) mass is 422 g/mol. The predicted octanol–water partition coefficient (Wildman–Crippen LogP) is 5.09. The van der Waals surface area contributed by atoms with Crippen molar-refractivity contribution in [2.45, 2.75) is 20.8 Å². The number of carbonyl (C=O) groups excluding carboxylic acids is 2. The molecular weight excluding hydrogens is 400 g/mol. The van der Waals surface area contributed by atoms with E-state index < -0.39 is 0 Å². The summed E-state index contributed by atoms with van der Waals surface area (Å²) in [6, 6.07) is 15.6. The average Bonchev–Trinajstić information content (AvgIpc) is 2.93. The van der Waals surface area contributed by atoms with Gasteiger partial charge in [0.05, 0.1) is 4.91 Å². The molecule has 0 atom stereocenters. The van der Waals surface area contributed by atoms with E-state index in [1.165, 1.54) is 16.7 Å². The highest BCUT2D eigenvalue weighted by atomic mass is 32.2. The Morgan fingerprint density at radius 1 is 1.14 bits per heavy atom. The molecule has 3 rings (SSSR count). The number of rotatable bonds is 5. The summed E-state index contributed by atoms with van der Waals surface area (Å²) in [4.78, 5) is 27.1. The largest absolute Gasteiger partial charge is 0.324 e. The quantitative estimate of drug-likeness (QED) is 0.539. The number of carbonyl (C=O) groups is 2. The van der Waals surface area contributed by atoms with Gasteiger partial charge in [-0.25, -0.2) is 0 Å². The Hall–Kier alpha value is -2.70. The molecule has 2 amide bonds. The molecule has 1 aliphatic rings. The molecule has 0 spiro atoms. The van der Waals surface area contributed by atoms with Crippen LogP contribution in [0.25, 0.3) is 6.08 Å². The van der Waals surface area contributed by atoms with Gasteiger partial charge < -0.3 is 5.32 Å². The lowest BCUT2D eigenvalue weighted by atomic mass is 10.1. The first-order valence-corrected chi connectivity index (χ1v) is 10.4. The van der Waals surface area contributed by atoms with Gasteiger partial charge in [0.1, 0.15) is 10.9 Å². The fraction of sp³-hybridized carbons (Fsp3) is 0.174. The van der Waals surface area contributed by atoms with Crippen LogP contribution in [0.15, 0.2) is 65.1 Å². The molecule has 0 radical (unpaired) electrons. The second-order valence-corrected chi connectivity index (χ2v) is 8.54. The lowest BCUT2D eigenvalue weighted by Gasteiger charge is -2.15. The van der Waals surface area contributed by atoms with Crippen LogP contribution < -0.4 is 5.32 Å². The molecule has 0 saturated carbocycles. The Kier molecular flexibility index (Phi) is 6.67. The van der Waals surface area contributed by atoms with E-state index in [9.17, 15) is 9.59 Å². The summed E-state index contributed by atoms with van der Waals surface area (Å²) in [5, 5.41) is 2.87. The van der Waals surface area contributed by atoms with Gasteiger partial charge in [0.2, 0.25) is 5.91 Å². The number of hydrogen-bond donors (Lipinski definition) is 1. The highest BCUT2D eigenvalue weighted by Crippen LogP contribution is 2.32. The Balaban J connectivity index is 1.69. The number of amides is 2. The molecule has 148 valence electrons. The molecule has 4 nitrogen and oxygen atoms in total. The van der Waals surface area contributed by atoms with Crippen LogP contribution in [-0.4, -0.2) is 27.6 Å². The van der Waals surface area contributed by atoms with Gasteiger partial charge in [0.15, 0.2) is 0 Å². The second-order valence-electron chi connectivity index (χ2n) is 6.86. The highest BCUT2D eigenvalue weighted by Gasteiger charge is 2.33. The van der Waals surface area contributed by atoms with E-state index in [0.717, 1.165) is 28.0 Å². The third kappa shape index (κ3) is 5.22. The van der Waals surface area contributed by atoms with Crippen molar-refractivity contribution in [1.29, 1.82) is 0 Å². The molecule has 0 aromatic heterocycles. The van der Waals surface area contributed by atoms with Crippen molar-refractivity contribution in [1.82, 2.24) is 4.90 Å². The highest BCUT2D eigenvalue weighted by molar-refractivity contribution is 8.26. The number of allylic oxidation sites excluding steroid dienone is 2. The normalized spacial score (nSPS) is 15.9. The van der Waals surface area contributed by atoms with E-state index in [2.05, 4.69) is 5.32 Å². The van der Waals surface area contributed by atoms with Crippen LogP contribution in [0.2, 0.25) is 0 Å². The van der Waals surface area contributed by atoms with Crippen LogP contribution in [-0.2, 0) is 9.59 Å². The summed E-state index contributed by atoms with van der Waals surface area (Å²) in [7, 11) is 0. The molecule has 1 N–H and O–H groups in total. The minimum Gasteiger partial charge on any atom is -0.324 e. The van der Waals surface area contributed by atoms with Crippen LogP contribution >= 0.6 is 24.0 Å². The summed E-state index contributed by atoms with van der Waals surface area (Å²) >= 11 is 6.56. The van der Waals surface area contributed by atoms with E-state index in [1.807, 2.05) is 81.5 Å². The van der Waals surface area contributed by atoms with Crippen molar-refractivity contribution < 1.29 is 9.59 Å². The first-order chi connectivity index (χ1) is 13.8. The summed E-state index contributed by atoms with van der Waals surface area (Å²) in [6.07, 6.45) is 3.81. The van der Waals surface area contributed by atoms with Crippen molar-refractivity contribution in [3.63, 3.8) is 0 Å². The summed E-state index contributed by atoms with van der Waals surface area (Å²) in [5.74, 6) is -0.510. The Bertz CT molecular complexity index is 1030. The fourth-order valence-corrected chi connectivity index (χ4v) is 4.22. The number of thiocarbonyl (C=S) groups is 1. The molecule has 29 heavy (non-hydrogen) atoms. The Labute approximate surface area is 180 Å². The number of aryl methyl sites for hydroxylation is 1. The van der Waals surface area contributed by atoms with E-state index in [-0.39, 0.29) is 18.4 Å². The molecule has 2 aromatic rings. The van der Waals surface area contributed by atoms with Gasteiger partial charge in [0.25, 0.3) is 5.91 Å². The van der Waals surface area contributed by atoms with Crippen molar-refractivity contribution in [2.75, 3.05) is 11.9 Å². The molecular formula is C23H22N2O2S2. The van der Waals surface area contributed by atoms with E-state index >= 15 is 0 Å². The SMILES string of the molecule is CC(=C\c1ccccc1)/C=C1/SC(=S)N(CC(=O)Nc2cccc(C)c2C)C1=O. The lowest BCUT2D eigenvalue weighted by Crippen LogP contribution is -2.36. The van der Waals surface area contributed by atoms with Gasteiger partial charge in [-0.2, -0.15) is 0 Å². The van der Waals surface area contributed by atoms with Crippen LogP contribution in [0.4, 0.5) is 5.69 Å². The first kappa shape index (κ1) is 21.0. The van der Waals surface area contributed by atoms with Gasteiger partial charge in [0, 0.05) is 5.69 Å². The van der Waals surface area contributed by atoms with Crippen molar-refractivity contribution in [3.05, 3.63) is 81.8 Å². The number of thioether (sulfide) groups is 1. The molecule has 0 bridgehead atoms. The minimum atomic E-state index is -0.271. The van der Waals surface area contributed by atoms with Crippen LogP contribution in [0.3, 0.4) is 0 Å². The van der Waals surface area contributed by atoms with Crippen molar-refractivity contribution >= 4 is 51.9 Å². The zero-order valence-corrected chi connectivity index (χ0v) is 18.2. The maximum atomic E-state index is 12.8. The van der Waals surface area contributed by atoms with E-state index in [0.29, 0.717) is 9.23 Å². The summed E-state index contributed by atoms with van der Waals surface area (Å²) < 4.78 is 0.393. The second kappa shape index (κ2) is 9.20. The van der Waals surface area contributed by atoms with Crippen LogP contribution in [0.1, 0.15) is 23.6 Å². The smallest absolute Gasteiger partial charge is 0.266 e. The number of nitrogens with zero attached hydrogens (tertiary/aromatic N) is 1. The Morgan fingerprint density at radius 2 is 1.86 bits per heavy atom. The molecule has 0 unspecified atom stereocenters. The van der Waals surface area contributed by atoms with Gasteiger partial charge in [-0.3, -0.25) is 14.5 Å². The summed E-state index contributed by atoms with van der Waals surface area (Å²) in [6.45, 7) is 5.78. The number of anilines is 1. The minimum absolute atomic E-state index is 0.100. The standard InChI is InChI=1S/C23H22N2O2S2/c1-15(12-18-9-5-4-6-10-18)13-20-22(27)25(23(28)29-20)14-21(26)24-19-11-7-8-16(2)17(19)3/h4-13H,14H2,1-3H3,(H,24,26)/b15-12+,20-13+. The molecule has 1 aliphatic heterocycles. The lowest BCUT2D eigenvalue weighted by molar-refractivity contribution is -0.126. The molecule has 6 heteroatoms. The maximum Gasteiger partial charge on any atom is 0.266 e. The van der Waals surface area contributed by atoms with Crippen molar-refractivity contribution in [2.24, 2.45) is 0 Å². The first-order valence-electron chi connectivity index (χ1n) is 9.20. The van der Waals surface area contributed by atoms with Gasteiger partial charge in [-0.15, -0.1) is 0 Å². The molecule has 1 heterocycles. The fourth-order valence-electron chi connectivity index (χ4n) is 2.92. The third-order valence-corrected chi connectivity index (χ3v) is 5.98. The number of nitrogens with one attached hydrogen (secondary N) is 1. The topological polar surface area (TPSA) is 49.4 Å². The third-order valence-electron chi connectivity index (χ3n) is 4.61. The number of hydrogen-bond acceptors (Lipinski definition) is 4. The van der Waals surface area contributed by atoms with Gasteiger partial charge >= 0.3 is 0 Å². The number of benzene rings is 2. The molecule has 1 fully saturated rings.